The van der Waals surface area contributed by atoms with Gasteiger partial charge in [0.2, 0.25) is 0 Å². The predicted octanol–water partition coefficient (Wildman–Crippen LogP) is 4.20. The third kappa shape index (κ3) is 3.08. The number of aliphatic hydroxyl groups excluding tert-OH is 1. The van der Waals surface area contributed by atoms with Crippen molar-refractivity contribution in [2.45, 2.75) is 6.10 Å². The maximum atomic E-state index is 10.5. The van der Waals surface area contributed by atoms with Crippen LogP contribution in [0.3, 0.4) is 0 Å². The molecule has 0 aromatic heterocycles. The van der Waals surface area contributed by atoms with Gasteiger partial charge in [-0.15, -0.1) is 0 Å². The summed E-state index contributed by atoms with van der Waals surface area (Å²) in [7, 11) is 3.14. The second-order valence-electron chi connectivity index (χ2n) is 4.18. The first-order valence-corrected chi connectivity index (χ1v) is 7.09. The highest BCUT2D eigenvalue weighted by Gasteiger charge is 2.18. The Morgan fingerprint density at radius 3 is 2.20 bits per heavy atom. The fourth-order valence-electron chi connectivity index (χ4n) is 1.92. The van der Waals surface area contributed by atoms with Crippen LogP contribution in [-0.4, -0.2) is 19.3 Å². The highest BCUT2D eigenvalue weighted by Crippen LogP contribution is 2.38. The van der Waals surface area contributed by atoms with Gasteiger partial charge in [0.15, 0.2) is 0 Å². The fourth-order valence-corrected chi connectivity index (χ4v) is 2.53. The molecule has 0 radical (unpaired) electrons. The van der Waals surface area contributed by atoms with Crippen molar-refractivity contribution in [1.29, 1.82) is 0 Å². The monoisotopic (exact) mass is 356 g/mol. The first kappa shape index (κ1) is 15.2. The Balaban J connectivity index is 2.47. The molecule has 0 saturated heterocycles. The van der Waals surface area contributed by atoms with Crippen molar-refractivity contribution in [1.82, 2.24) is 0 Å². The summed E-state index contributed by atoms with van der Waals surface area (Å²) < 4.78 is 11.3. The molecule has 106 valence electrons. The van der Waals surface area contributed by atoms with Gasteiger partial charge in [0.05, 0.1) is 18.7 Å². The quantitative estimate of drug-likeness (QED) is 0.891. The van der Waals surface area contributed by atoms with Crippen LogP contribution in [0.25, 0.3) is 0 Å². The Bertz CT molecular complexity index is 599. The lowest BCUT2D eigenvalue weighted by molar-refractivity contribution is 0.214. The van der Waals surface area contributed by atoms with E-state index in [0.29, 0.717) is 22.1 Å². The maximum absolute atomic E-state index is 10.5. The van der Waals surface area contributed by atoms with Crippen LogP contribution in [0, 0.1) is 0 Å². The zero-order valence-electron chi connectivity index (χ0n) is 11.1. The van der Waals surface area contributed by atoms with Crippen molar-refractivity contribution in [2.24, 2.45) is 0 Å². The second-order valence-corrected chi connectivity index (χ2v) is 5.47. The molecule has 0 aliphatic rings. The topological polar surface area (TPSA) is 38.7 Å². The largest absolute Gasteiger partial charge is 0.496 e. The van der Waals surface area contributed by atoms with E-state index in [9.17, 15) is 5.11 Å². The molecule has 0 amide bonds. The Labute approximate surface area is 131 Å². The van der Waals surface area contributed by atoms with E-state index in [1.54, 1.807) is 50.6 Å². The molecule has 0 heterocycles. The highest BCUT2D eigenvalue weighted by molar-refractivity contribution is 9.10. The summed E-state index contributed by atoms with van der Waals surface area (Å²) >= 11 is 9.25. The van der Waals surface area contributed by atoms with E-state index >= 15 is 0 Å². The van der Waals surface area contributed by atoms with Gasteiger partial charge in [-0.1, -0.05) is 23.7 Å². The van der Waals surface area contributed by atoms with Gasteiger partial charge in [-0.05, 0) is 45.8 Å². The Kier molecular flexibility index (Phi) is 4.91. The van der Waals surface area contributed by atoms with Crippen molar-refractivity contribution in [3.05, 3.63) is 57.0 Å². The van der Waals surface area contributed by atoms with E-state index < -0.39 is 6.10 Å². The summed E-state index contributed by atoms with van der Waals surface area (Å²) in [4.78, 5) is 0. The zero-order valence-corrected chi connectivity index (χ0v) is 13.4. The molecular weight excluding hydrogens is 344 g/mol. The van der Waals surface area contributed by atoms with Crippen molar-refractivity contribution in [2.75, 3.05) is 14.2 Å². The molecule has 3 nitrogen and oxygen atoms in total. The van der Waals surface area contributed by atoms with Gasteiger partial charge in [0, 0.05) is 10.6 Å². The van der Waals surface area contributed by atoms with Gasteiger partial charge < -0.3 is 14.6 Å². The molecule has 0 fully saturated rings. The zero-order chi connectivity index (χ0) is 14.7. The smallest absolute Gasteiger partial charge is 0.133 e. The lowest BCUT2D eigenvalue weighted by atomic mass is 10.0. The number of hydrogen-bond acceptors (Lipinski definition) is 3. The molecule has 0 aliphatic heterocycles. The van der Waals surface area contributed by atoms with Crippen molar-refractivity contribution < 1.29 is 14.6 Å². The Hall–Kier alpha value is -1.23. The molecule has 2 aromatic rings. The van der Waals surface area contributed by atoms with E-state index in [1.165, 1.54) is 0 Å². The van der Waals surface area contributed by atoms with E-state index in [2.05, 4.69) is 15.9 Å². The number of benzene rings is 2. The first-order chi connectivity index (χ1) is 9.56. The Morgan fingerprint density at radius 2 is 1.65 bits per heavy atom. The van der Waals surface area contributed by atoms with E-state index in [4.69, 9.17) is 21.1 Å². The predicted molar refractivity (Wildman–Crippen MR) is 82.8 cm³/mol. The lowest BCUT2D eigenvalue weighted by Crippen LogP contribution is -2.03. The molecular formula is C15H14BrClO3. The molecule has 20 heavy (non-hydrogen) atoms. The first-order valence-electron chi connectivity index (χ1n) is 5.91. The number of aliphatic hydroxyl groups is 1. The number of ether oxygens (including phenoxy) is 2. The van der Waals surface area contributed by atoms with E-state index in [-0.39, 0.29) is 0 Å². The summed E-state index contributed by atoms with van der Waals surface area (Å²) in [6.07, 6.45) is -0.816. The van der Waals surface area contributed by atoms with Crippen LogP contribution in [0.15, 0.2) is 40.9 Å². The van der Waals surface area contributed by atoms with Crippen molar-refractivity contribution in [3.8, 4) is 11.5 Å². The second kappa shape index (κ2) is 6.48. The van der Waals surface area contributed by atoms with E-state index in [1.807, 2.05) is 0 Å². The average Bonchev–Trinajstić information content (AvgIpc) is 2.47. The molecule has 0 bridgehead atoms. The molecule has 0 spiro atoms. The minimum atomic E-state index is -0.816. The summed E-state index contributed by atoms with van der Waals surface area (Å²) in [5, 5.41) is 11.1. The van der Waals surface area contributed by atoms with Gasteiger partial charge in [-0.25, -0.2) is 0 Å². The van der Waals surface area contributed by atoms with Crippen molar-refractivity contribution in [3.63, 3.8) is 0 Å². The highest BCUT2D eigenvalue weighted by atomic mass is 79.9. The Morgan fingerprint density at radius 1 is 1.05 bits per heavy atom. The molecule has 2 aromatic carbocycles. The number of rotatable bonds is 4. The summed E-state index contributed by atoms with van der Waals surface area (Å²) in [5.74, 6) is 1.22. The summed E-state index contributed by atoms with van der Waals surface area (Å²) in [6.45, 7) is 0. The minimum Gasteiger partial charge on any atom is -0.496 e. The minimum absolute atomic E-state index is 0.583. The van der Waals surface area contributed by atoms with Gasteiger partial charge in [-0.3, -0.25) is 0 Å². The van der Waals surface area contributed by atoms with Crippen LogP contribution in [0.2, 0.25) is 5.02 Å². The molecule has 0 aliphatic carbocycles. The normalized spacial score (nSPS) is 12.1. The molecule has 1 atom stereocenters. The average molecular weight is 358 g/mol. The van der Waals surface area contributed by atoms with Gasteiger partial charge in [-0.2, -0.15) is 0 Å². The van der Waals surface area contributed by atoms with Gasteiger partial charge in [0.1, 0.15) is 17.6 Å². The van der Waals surface area contributed by atoms with Crippen LogP contribution >= 0.6 is 27.5 Å². The third-order valence-corrected chi connectivity index (χ3v) is 3.86. The summed E-state index contributed by atoms with van der Waals surface area (Å²) in [6, 6.07) is 10.6. The number of methoxy groups -OCH3 is 2. The molecule has 1 unspecified atom stereocenters. The molecule has 2 rings (SSSR count). The van der Waals surface area contributed by atoms with Crippen LogP contribution in [0.5, 0.6) is 11.5 Å². The fraction of sp³-hybridized carbons (Fsp3) is 0.200. The van der Waals surface area contributed by atoms with Gasteiger partial charge in [0.25, 0.3) is 0 Å². The summed E-state index contributed by atoms with van der Waals surface area (Å²) in [5.41, 5.74) is 1.37. The van der Waals surface area contributed by atoms with Crippen LogP contribution in [-0.2, 0) is 0 Å². The van der Waals surface area contributed by atoms with Crippen LogP contribution < -0.4 is 9.47 Å². The third-order valence-electron chi connectivity index (χ3n) is 2.98. The van der Waals surface area contributed by atoms with Crippen LogP contribution in [0.4, 0.5) is 0 Å². The van der Waals surface area contributed by atoms with Crippen molar-refractivity contribution >= 4 is 27.5 Å². The molecule has 5 heteroatoms. The molecule has 0 saturated carbocycles. The van der Waals surface area contributed by atoms with E-state index in [0.717, 1.165) is 10.0 Å². The maximum Gasteiger partial charge on any atom is 0.133 e. The number of hydrogen-bond donors (Lipinski definition) is 1. The standard InChI is InChI=1S/C15H14BrClO3/c1-19-13-8-12(16)14(20-2)7-11(13)15(18)9-3-5-10(17)6-4-9/h3-8,15,18H,1-2H3. The van der Waals surface area contributed by atoms with Gasteiger partial charge >= 0.3 is 0 Å². The molecule has 1 N–H and O–H groups in total. The number of halogens is 2. The SMILES string of the molecule is COc1cc(C(O)c2ccc(Cl)cc2)c(OC)cc1Br. The lowest BCUT2D eigenvalue weighted by Gasteiger charge is -2.17. The van der Waals surface area contributed by atoms with Crippen LogP contribution in [0.1, 0.15) is 17.2 Å².